The zero-order valence-electron chi connectivity index (χ0n) is 9.72. The van der Waals surface area contributed by atoms with Crippen molar-refractivity contribution in [2.24, 2.45) is 0 Å². The van der Waals surface area contributed by atoms with E-state index in [9.17, 15) is 18.0 Å². The molecule has 2 rings (SSSR count). The predicted octanol–water partition coefficient (Wildman–Crippen LogP) is 2.64. The largest absolute Gasteiger partial charge is 0.325 e. The van der Waals surface area contributed by atoms with Gasteiger partial charge in [0.05, 0.1) is 5.56 Å². The second-order valence-corrected chi connectivity index (χ2v) is 3.90. The van der Waals surface area contributed by atoms with E-state index in [1.54, 1.807) is 6.07 Å². The van der Waals surface area contributed by atoms with Crippen LogP contribution in [0.2, 0.25) is 0 Å². The zero-order valence-corrected chi connectivity index (χ0v) is 9.72. The maximum absolute atomic E-state index is 13.7. The molecule has 19 heavy (non-hydrogen) atoms. The van der Waals surface area contributed by atoms with Gasteiger partial charge in [0.1, 0.15) is 17.4 Å². The van der Waals surface area contributed by atoms with Gasteiger partial charge < -0.3 is 4.98 Å². The number of nitriles is 1. The first-order valence-electron chi connectivity index (χ1n) is 5.23. The lowest BCUT2D eigenvalue weighted by Crippen LogP contribution is -2.13. The molecule has 1 heterocycles. The van der Waals surface area contributed by atoms with Crippen LogP contribution >= 0.6 is 0 Å². The molecule has 0 saturated heterocycles. The van der Waals surface area contributed by atoms with Gasteiger partial charge in [-0.25, -0.2) is 13.2 Å². The van der Waals surface area contributed by atoms with Crippen molar-refractivity contribution < 1.29 is 13.2 Å². The van der Waals surface area contributed by atoms with E-state index in [0.29, 0.717) is 11.8 Å². The average molecular weight is 264 g/mol. The van der Waals surface area contributed by atoms with E-state index in [2.05, 4.69) is 4.98 Å². The number of hydrogen-bond acceptors (Lipinski definition) is 2. The number of pyridine rings is 1. The molecule has 1 aromatic carbocycles. The molecule has 0 aliphatic rings. The van der Waals surface area contributed by atoms with E-state index in [1.807, 2.05) is 0 Å². The van der Waals surface area contributed by atoms with Gasteiger partial charge in [-0.05, 0) is 25.1 Å². The number of nitrogens with one attached hydrogen (secondary N) is 1. The third-order valence-electron chi connectivity index (χ3n) is 2.59. The van der Waals surface area contributed by atoms with Crippen LogP contribution in [0.3, 0.4) is 0 Å². The van der Waals surface area contributed by atoms with Crippen LogP contribution in [-0.4, -0.2) is 4.98 Å². The summed E-state index contributed by atoms with van der Waals surface area (Å²) in [5.74, 6) is -3.72. The van der Waals surface area contributed by atoms with E-state index >= 15 is 0 Å². The van der Waals surface area contributed by atoms with Crippen LogP contribution in [0.5, 0.6) is 0 Å². The highest BCUT2D eigenvalue weighted by Crippen LogP contribution is 2.29. The number of aromatic amines is 1. The second-order valence-electron chi connectivity index (χ2n) is 3.90. The minimum absolute atomic E-state index is 0.266. The molecule has 0 bridgehead atoms. The zero-order chi connectivity index (χ0) is 14.2. The molecule has 0 spiro atoms. The maximum atomic E-state index is 13.7. The van der Waals surface area contributed by atoms with Gasteiger partial charge in [0.2, 0.25) is 0 Å². The lowest BCUT2D eigenvalue weighted by molar-refractivity contribution is 0.499. The summed E-state index contributed by atoms with van der Waals surface area (Å²) in [5, 5.41) is 8.89. The molecule has 0 fully saturated rings. The molecule has 0 atom stereocenters. The molecule has 0 unspecified atom stereocenters. The quantitative estimate of drug-likeness (QED) is 0.805. The van der Waals surface area contributed by atoms with Crippen LogP contribution in [0.4, 0.5) is 13.2 Å². The van der Waals surface area contributed by atoms with Crippen molar-refractivity contribution >= 4 is 0 Å². The number of H-pyrrole nitrogens is 1. The molecule has 1 N–H and O–H groups in total. The molecule has 0 amide bonds. The van der Waals surface area contributed by atoms with Gasteiger partial charge >= 0.3 is 0 Å². The first-order chi connectivity index (χ1) is 8.95. The first-order valence-corrected chi connectivity index (χ1v) is 5.23. The molecule has 0 radical (unpaired) electrons. The molecule has 0 aliphatic heterocycles. The summed E-state index contributed by atoms with van der Waals surface area (Å²) in [7, 11) is 0. The van der Waals surface area contributed by atoms with Crippen molar-refractivity contribution in [1.82, 2.24) is 4.98 Å². The van der Waals surface area contributed by atoms with Crippen LogP contribution in [0, 0.1) is 35.7 Å². The van der Waals surface area contributed by atoms with Gasteiger partial charge in [0, 0.05) is 11.3 Å². The predicted molar refractivity (Wildman–Crippen MR) is 61.8 cm³/mol. The molecule has 2 aromatic rings. The van der Waals surface area contributed by atoms with Crippen LogP contribution in [0.1, 0.15) is 11.3 Å². The first kappa shape index (κ1) is 12.9. The molecule has 6 heteroatoms. The Labute approximate surface area is 105 Å². The second kappa shape index (κ2) is 4.61. The summed E-state index contributed by atoms with van der Waals surface area (Å²) in [5.41, 5.74) is -1.92. The minimum Gasteiger partial charge on any atom is -0.325 e. The third kappa shape index (κ3) is 2.10. The van der Waals surface area contributed by atoms with Crippen molar-refractivity contribution in [3.63, 3.8) is 0 Å². The Morgan fingerprint density at radius 1 is 1.21 bits per heavy atom. The Bertz CT molecular complexity index is 760. The van der Waals surface area contributed by atoms with Gasteiger partial charge in [-0.2, -0.15) is 5.26 Å². The van der Waals surface area contributed by atoms with Gasteiger partial charge in [-0.3, -0.25) is 4.79 Å². The molecule has 0 aliphatic carbocycles. The highest BCUT2D eigenvalue weighted by atomic mass is 19.2. The standard InChI is InChI=1S/C13H7F3N2O/c1-6-4-7(8(5-17)13(19)18-6)11-9(14)2-3-10(15)12(11)16/h2-4H,1H3,(H,18,19). The molecule has 1 aromatic heterocycles. The maximum Gasteiger partial charge on any atom is 0.266 e. The fraction of sp³-hybridized carbons (Fsp3) is 0.0769. The van der Waals surface area contributed by atoms with Crippen molar-refractivity contribution in [3.05, 3.63) is 57.3 Å². The summed E-state index contributed by atoms with van der Waals surface area (Å²) >= 11 is 0. The summed E-state index contributed by atoms with van der Waals surface area (Å²) in [4.78, 5) is 13.9. The highest BCUT2D eigenvalue weighted by Gasteiger charge is 2.20. The van der Waals surface area contributed by atoms with Crippen LogP contribution in [-0.2, 0) is 0 Å². The summed E-state index contributed by atoms with van der Waals surface area (Å²) in [6, 6.07) is 4.17. The number of halogens is 3. The Balaban J connectivity index is 2.92. The smallest absolute Gasteiger partial charge is 0.266 e. The topological polar surface area (TPSA) is 56.6 Å². The molecule has 0 saturated carbocycles. The summed E-state index contributed by atoms with van der Waals surface area (Å²) in [6.07, 6.45) is 0. The van der Waals surface area contributed by atoms with Crippen LogP contribution in [0.25, 0.3) is 11.1 Å². The van der Waals surface area contributed by atoms with Crippen LogP contribution in [0.15, 0.2) is 23.0 Å². The Morgan fingerprint density at radius 3 is 2.47 bits per heavy atom. The number of rotatable bonds is 1. The van der Waals surface area contributed by atoms with Crippen molar-refractivity contribution in [1.29, 1.82) is 5.26 Å². The van der Waals surface area contributed by atoms with Gasteiger partial charge in [0.15, 0.2) is 11.6 Å². The number of hydrogen-bond donors (Lipinski definition) is 1. The highest BCUT2D eigenvalue weighted by molar-refractivity contribution is 5.71. The SMILES string of the molecule is Cc1cc(-c2c(F)ccc(F)c2F)c(C#N)c(=O)[nH]1. The Hall–Kier alpha value is -2.55. The minimum atomic E-state index is -1.43. The number of benzene rings is 1. The Kier molecular flexibility index (Phi) is 3.13. The molecular weight excluding hydrogens is 257 g/mol. The van der Waals surface area contributed by atoms with Gasteiger partial charge in [-0.1, -0.05) is 0 Å². The van der Waals surface area contributed by atoms with E-state index in [-0.39, 0.29) is 5.56 Å². The van der Waals surface area contributed by atoms with E-state index in [4.69, 9.17) is 5.26 Å². The average Bonchev–Trinajstić information content (AvgIpc) is 2.34. The molecular formula is C13H7F3N2O. The molecule has 96 valence electrons. The van der Waals surface area contributed by atoms with E-state index < -0.39 is 34.1 Å². The summed E-state index contributed by atoms with van der Waals surface area (Å²) in [6.45, 7) is 1.49. The number of aryl methyl sites for hydroxylation is 1. The fourth-order valence-electron chi connectivity index (χ4n) is 1.77. The summed E-state index contributed by atoms with van der Waals surface area (Å²) < 4.78 is 40.5. The van der Waals surface area contributed by atoms with Gasteiger partial charge in [-0.15, -0.1) is 0 Å². The monoisotopic (exact) mass is 264 g/mol. The van der Waals surface area contributed by atoms with Crippen molar-refractivity contribution in [3.8, 4) is 17.2 Å². The Morgan fingerprint density at radius 2 is 1.84 bits per heavy atom. The number of nitrogens with zero attached hydrogens (tertiary/aromatic N) is 1. The third-order valence-corrected chi connectivity index (χ3v) is 2.59. The van der Waals surface area contributed by atoms with Gasteiger partial charge in [0.25, 0.3) is 5.56 Å². The van der Waals surface area contributed by atoms with Crippen LogP contribution < -0.4 is 5.56 Å². The van der Waals surface area contributed by atoms with Crippen molar-refractivity contribution in [2.75, 3.05) is 0 Å². The van der Waals surface area contributed by atoms with E-state index in [1.165, 1.54) is 13.0 Å². The fourth-order valence-corrected chi connectivity index (χ4v) is 1.77. The lowest BCUT2D eigenvalue weighted by Gasteiger charge is -2.08. The van der Waals surface area contributed by atoms with Crippen molar-refractivity contribution in [2.45, 2.75) is 6.92 Å². The van der Waals surface area contributed by atoms with E-state index in [0.717, 1.165) is 6.07 Å². The lowest BCUT2D eigenvalue weighted by atomic mass is 10.00. The number of aromatic nitrogens is 1. The molecule has 3 nitrogen and oxygen atoms in total. The normalized spacial score (nSPS) is 10.3.